The molecule has 1 aromatic rings. The van der Waals surface area contributed by atoms with E-state index in [4.69, 9.17) is 0 Å². The molecule has 1 unspecified atom stereocenters. The second-order valence-electron chi connectivity index (χ2n) is 5.89. The van der Waals surface area contributed by atoms with Gasteiger partial charge in [-0.15, -0.1) is 0 Å². The number of benzene rings is 1. The third-order valence-electron chi connectivity index (χ3n) is 3.66. The lowest BCUT2D eigenvalue weighted by atomic mass is 10.0. The minimum atomic E-state index is -0.815. The highest BCUT2D eigenvalue weighted by atomic mass is 19.1. The fourth-order valence-corrected chi connectivity index (χ4v) is 2.94. The van der Waals surface area contributed by atoms with Crippen molar-refractivity contribution >= 4 is 0 Å². The van der Waals surface area contributed by atoms with Crippen molar-refractivity contribution in [2.24, 2.45) is 0 Å². The number of aliphatic hydroxyl groups is 1. The summed E-state index contributed by atoms with van der Waals surface area (Å²) in [6.07, 6.45) is 1.41. The first-order valence-corrected chi connectivity index (χ1v) is 6.76. The smallest absolute Gasteiger partial charge is 0.129 e. The molecule has 0 amide bonds. The molecule has 19 heavy (non-hydrogen) atoms. The highest BCUT2D eigenvalue weighted by Crippen LogP contribution is 2.38. The summed E-state index contributed by atoms with van der Waals surface area (Å²) >= 11 is 0. The molecule has 1 atom stereocenters. The number of likely N-dealkylation sites (N-methyl/N-ethyl adjacent to an activating group) is 1. The van der Waals surface area contributed by atoms with Crippen LogP contribution >= 0.6 is 0 Å². The molecular weight excluding hydrogens is 248 g/mol. The molecule has 2 rings (SSSR count). The molecule has 1 aliphatic rings. The Bertz CT molecular complexity index is 468. The van der Waals surface area contributed by atoms with Crippen LogP contribution in [0.3, 0.4) is 0 Å². The summed E-state index contributed by atoms with van der Waals surface area (Å²) in [6.45, 7) is 6.73. The van der Waals surface area contributed by atoms with E-state index in [1.165, 1.54) is 6.07 Å². The lowest BCUT2D eigenvalue weighted by Crippen LogP contribution is -2.40. The first-order chi connectivity index (χ1) is 8.81. The number of hydrogen-bond acceptors (Lipinski definition) is 2. The zero-order valence-electron chi connectivity index (χ0n) is 11.7. The Morgan fingerprint density at radius 2 is 2.05 bits per heavy atom. The van der Waals surface area contributed by atoms with Crippen LogP contribution in [-0.2, 0) is 6.42 Å². The van der Waals surface area contributed by atoms with Gasteiger partial charge in [-0.2, -0.15) is 0 Å². The van der Waals surface area contributed by atoms with Gasteiger partial charge in [0.2, 0.25) is 0 Å². The van der Waals surface area contributed by atoms with E-state index in [1.54, 1.807) is 13.8 Å². The predicted molar refractivity (Wildman–Crippen MR) is 71.0 cm³/mol. The summed E-state index contributed by atoms with van der Waals surface area (Å²) in [6, 6.07) is 2.38. The first-order valence-electron chi connectivity index (χ1n) is 6.76. The van der Waals surface area contributed by atoms with Gasteiger partial charge in [0.15, 0.2) is 0 Å². The highest BCUT2D eigenvalue weighted by Gasteiger charge is 2.32. The summed E-state index contributed by atoms with van der Waals surface area (Å²) in [5.41, 5.74) is 0.550. The SMILES string of the molecule is CCN(CC(C)(C)O)C1CCc2c(F)cc(F)cc21. The normalized spacial score (nSPS) is 19.0. The number of halogens is 2. The van der Waals surface area contributed by atoms with Crippen LogP contribution in [0.15, 0.2) is 12.1 Å². The van der Waals surface area contributed by atoms with Crippen LogP contribution in [0.2, 0.25) is 0 Å². The maximum Gasteiger partial charge on any atom is 0.129 e. The summed E-state index contributed by atoms with van der Waals surface area (Å²) in [5, 5.41) is 9.95. The Kier molecular flexibility index (Phi) is 3.92. The average Bonchev–Trinajstić information content (AvgIpc) is 2.68. The van der Waals surface area contributed by atoms with Crippen LogP contribution in [0.1, 0.15) is 44.4 Å². The molecule has 4 heteroatoms. The van der Waals surface area contributed by atoms with E-state index < -0.39 is 17.2 Å². The van der Waals surface area contributed by atoms with E-state index in [0.717, 1.165) is 24.6 Å². The standard InChI is InChI=1S/C15H21F2NO/c1-4-18(9-15(2,3)19)14-6-5-11-12(14)7-10(16)8-13(11)17/h7-8,14,19H,4-6,9H2,1-3H3. The molecule has 1 N–H and O–H groups in total. The van der Waals surface area contributed by atoms with Crippen molar-refractivity contribution in [2.45, 2.75) is 45.3 Å². The molecule has 0 heterocycles. The van der Waals surface area contributed by atoms with Gasteiger partial charge in [-0.3, -0.25) is 4.90 Å². The van der Waals surface area contributed by atoms with Crippen molar-refractivity contribution in [3.8, 4) is 0 Å². The Morgan fingerprint density at radius 3 is 2.63 bits per heavy atom. The van der Waals surface area contributed by atoms with Crippen molar-refractivity contribution in [3.05, 3.63) is 34.9 Å². The second-order valence-corrected chi connectivity index (χ2v) is 5.89. The molecule has 2 nitrogen and oxygen atoms in total. The fourth-order valence-electron chi connectivity index (χ4n) is 2.94. The minimum Gasteiger partial charge on any atom is -0.389 e. The van der Waals surface area contributed by atoms with E-state index in [-0.39, 0.29) is 6.04 Å². The van der Waals surface area contributed by atoms with Gasteiger partial charge in [0.1, 0.15) is 11.6 Å². The van der Waals surface area contributed by atoms with Crippen molar-refractivity contribution in [3.63, 3.8) is 0 Å². The maximum absolute atomic E-state index is 13.7. The minimum absolute atomic E-state index is 0.00313. The van der Waals surface area contributed by atoms with Gasteiger partial charge in [-0.25, -0.2) is 8.78 Å². The summed E-state index contributed by atoms with van der Waals surface area (Å²) in [4.78, 5) is 2.09. The molecule has 106 valence electrons. The number of hydrogen-bond donors (Lipinski definition) is 1. The van der Waals surface area contributed by atoms with Gasteiger partial charge in [-0.05, 0) is 50.4 Å². The van der Waals surface area contributed by atoms with Crippen LogP contribution in [0, 0.1) is 11.6 Å². The van der Waals surface area contributed by atoms with Crippen LogP contribution in [0.25, 0.3) is 0 Å². The zero-order valence-corrected chi connectivity index (χ0v) is 11.7. The zero-order chi connectivity index (χ0) is 14.2. The fraction of sp³-hybridized carbons (Fsp3) is 0.600. The van der Waals surface area contributed by atoms with Crippen LogP contribution in [0.4, 0.5) is 8.78 Å². The quantitative estimate of drug-likeness (QED) is 0.908. The van der Waals surface area contributed by atoms with Gasteiger partial charge in [0.05, 0.1) is 5.60 Å². The Labute approximate surface area is 113 Å². The van der Waals surface area contributed by atoms with E-state index >= 15 is 0 Å². The van der Waals surface area contributed by atoms with Crippen molar-refractivity contribution in [1.29, 1.82) is 0 Å². The molecule has 0 aliphatic heterocycles. The van der Waals surface area contributed by atoms with Crippen LogP contribution in [0.5, 0.6) is 0 Å². The van der Waals surface area contributed by atoms with Crippen molar-refractivity contribution < 1.29 is 13.9 Å². The molecule has 0 fully saturated rings. The molecule has 0 spiro atoms. The number of fused-ring (bicyclic) bond motifs is 1. The van der Waals surface area contributed by atoms with Crippen molar-refractivity contribution in [1.82, 2.24) is 4.90 Å². The molecule has 0 aromatic heterocycles. The number of nitrogens with zero attached hydrogens (tertiary/aromatic N) is 1. The van der Waals surface area contributed by atoms with Gasteiger partial charge in [-0.1, -0.05) is 6.92 Å². The first kappa shape index (κ1) is 14.4. The monoisotopic (exact) mass is 269 g/mol. The van der Waals surface area contributed by atoms with Gasteiger partial charge in [0.25, 0.3) is 0 Å². The van der Waals surface area contributed by atoms with E-state index in [9.17, 15) is 13.9 Å². The molecule has 1 aromatic carbocycles. The van der Waals surface area contributed by atoms with Crippen molar-refractivity contribution in [2.75, 3.05) is 13.1 Å². The average molecular weight is 269 g/mol. The summed E-state index contributed by atoms with van der Waals surface area (Å²) < 4.78 is 27.1. The lowest BCUT2D eigenvalue weighted by Gasteiger charge is -2.33. The Balaban J connectivity index is 2.30. The molecular formula is C15H21F2NO. The summed E-state index contributed by atoms with van der Waals surface area (Å²) in [7, 11) is 0. The van der Waals surface area contributed by atoms with Crippen LogP contribution < -0.4 is 0 Å². The Morgan fingerprint density at radius 1 is 1.37 bits per heavy atom. The third kappa shape index (κ3) is 3.12. The predicted octanol–water partition coefficient (Wildman–Crippen LogP) is 3.04. The molecule has 1 aliphatic carbocycles. The largest absolute Gasteiger partial charge is 0.389 e. The molecule has 0 saturated heterocycles. The van der Waals surface area contributed by atoms with E-state index in [2.05, 4.69) is 4.90 Å². The number of rotatable bonds is 4. The van der Waals surface area contributed by atoms with E-state index in [1.807, 2.05) is 6.92 Å². The topological polar surface area (TPSA) is 23.5 Å². The Hall–Kier alpha value is -1.00. The highest BCUT2D eigenvalue weighted by molar-refractivity contribution is 5.36. The maximum atomic E-state index is 13.7. The summed E-state index contributed by atoms with van der Waals surface area (Å²) in [5.74, 6) is -0.973. The van der Waals surface area contributed by atoms with Gasteiger partial charge >= 0.3 is 0 Å². The molecule has 0 radical (unpaired) electrons. The lowest BCUT2D eigenvalue weighted by molar-refractivity contribution is 0.0223. The molecule has 0 bridgehead atoms. The van der Waals surface area contributed by atoms with Gasteiger partial charge in [0, 0.05) is 18.7 Å². The van der Waals surface area contributed by atoms with Crippen LogP contribution in [-0.4, -0.2) is 28.7 Å². The van der Waals surface area contributed by atoms with Gasteiger partial charge < -0.3 is 5.11 Å². The second kappa shape index (κ2) is 5.17. The molecule has 0 saturated carbocycles. The third-order valence-corrected chi connectivity index (χ3v) is 3.66. The van der Waals surface area contributed by atoms with E-state index in [0.29, 0.717) is 18.5 Å².